The molecule has 0 aromatic carbocycles. The molecule has 104 valence electrons. The molecule has 1 fully saturated rings. The van der Waals surface area contributed by atoms with E-state index in [0.717, 1.165) is 6.42 Å². The molecule has 6 nitrogen and oxygen atoms in total. The number of aliphatic hydroxyl groups excluding tert-OH is 1. The number of carbonyl (C=O) groups excluding carboxylic acids is 1. The zero-order chi connectivity index (χ0) is 14.0. The molecule has 3 N–H and O–H groups in total. The van der Waals surface area contributed by atoms with Crippen LogP contribution in [0.1, 0.15) is 42.5 Å². The van der Waals surface area contributed by atoms with Crippen LogP contribution in [0.3, 0.4) is 0 Å². The standard InChI is InChI=1S/C13H20N4O2/c1-8(2)12-15-5-10(14)11(16-12)13(19)17-4-3-9(6-17)7-18/h5,8-9,18H,3-4,6-7,14H2,1-2H3. The first-order chi connectivity index (χ1) is 9.02. The maximum atomic E-state index is 12.4. The number of nitrogens with zero attached hydrogens (tertiary/aromatic N) is 3. The zero-order valence-electron chi connectivity index (χ0n) is 11.3. The third kappa shape index (κ3) is 2.84. The maximum Gasteiger partial charge on any atom is 0.274 e. The molecule has 0 radical (unpaired) electrons. The SMILES string of the molecule is CC(C)c1ncc(N)c(C(=O)N2CCC(CO)C2)n1. The van der Waals surface area contributed by atoms with Crippen LogP contribution in [-0.4, -0.2) is 45.6 Å². The van der Waals surface area contributed by atoms with Gasteiger partial charge >= 0.3 is 0 Å². The molecule has 1 aromatic rings. The lowest BCUT2D eigenvalue weighted by Crippen LogP contribution is -2.31. The van der Waals surface area contributed by atoms with Crippen molar-refractivity contribution in [3.05, 3.63) is 17.7 Å². The summed E-state index contributed by atoms with van der Waals surface area (Å²) < 4.78 is 0. The topological polar surface area (TPSA) is 92.3 Å². The summed E-state index contributed by atoms with van der Waals surface area (Å²) in [7, 11) is 0. The summed E-state index contributed by atoms with van der Waals surface area (Å²) in [5, 5.41) is 9.12. The molecule has 1 amide bonds. The zero-order valence-corrected chi connectivity index (χ0v) is 11.3. The number of nitrogen functional groups attached to an aromatic ring is 1. The van der Waals surface area contributed by atoms with Gasteiger partial charge in [-0.05, 0) is 6.42 Å². The predicted molar refractivity (Wildman–Crippen MR) is 71.6 cm³/mol. The average Bonchev–Trinajstić information content (AvgIpc) is 2.87. The van der Waals surface area contributed by atoms with Gasteiger partial charge in [0.15, 0.2) is 5.69 Å². The summed E-state index contributed by atoms with van der Waals surface area (Å²) in [6.07, 6.45) is 2.32. The number of carbonyl (C=O) groups is 1. The first-order valence-electron chi connectivity index (χ1n) is 6.55. The molecule has 0 bridgehead atoms. The Hall–Kier alpha value is -1.69. The molecule has 0 spiro atoms. The summed E-state index contributed by atoms with van der Waals surface area (Å²) in [6, 6.07) is 0. The lowest BCUT2D eigenvalue weighted by atomic mass is 10.1. The Balaban J connectivity index is 2.21. The summed E-state index contributed by atoms with van der Waals surface area (Å²) >= 11 is 0. The highest BCUT2D eigenvalue weighted by Crippen LogP contribution is 2.20. The predicted octanol–water partition coefficient (Wildman–Crippen LogP) is 0.637. The largest absolute Gasteiger partial charge is 0.396 e. The number of aliphatic hydroxyl groups is 1. The molecule has 1 aliphatic rings. The number of rotatable bonds is 3. The van der Waals surface area contributed by atoms with Crippen LogP contribution in [-0.2, 0) is 0 Å². The minimum atomic E-state index is -0.169. The maximum absolute atomic E-state index is 12.4. The van der Waals surface area contributed by atoms with Crippen molar-refractivity contribution in [1.82, 2.24) is 14.9 Å². The fourth-order valence-electron chi connectivity index (χ4n) is 2.17. The minimum absolute atomic E-state index is 0.111. The van der Waals surface area contributed by atoms with Crippen LogP contribution >= 0.6 is 0 Å². The van der Waals surface area contributed by atoms with Crippen molar-refractivity contribution in [3.8, 4) is 0 Å². The van der Waals surface area contributed by atoms with Gasteiger partial charge in [0, 0.05) is 31.5 Å². The first kappa shape index (κ1) is 13.7. The molecule has 2 rings (SSSR count). The molecular formula is C13H20N4O2. The first-order valence-corrected chi connectivity index (χ1v) is 6.55. The van der Waals surface area contributed by atoms with E-state index >= 15 is 0 Å². The van der Waals surface area contributed by atoms with Gasteiger partial charge in [0.05, 0.1) is 11.9 Å². The number of hydrogen-bond donors (Lipinski definition) is 2. The van der Waals surface area contributed by atoms with Gasteiger partial charge in [-0.2, -0.15) is 0 Å². The quantitative estimate of drug-likeness (QED) is 0.835. The van der Waals surface area contributed by atoms with Gasteiger partial charge in [0.1, 0.15) is 5.82 Å². The summed E-state index contributed by atoms with van der Waals surface area (Å²) in [5.41, 5.74) is 6.39. The second-order valence-corrected chi connectivity index (χ2v) is 5.28. The van der Waals surface area contributed by atoms with E-state index in [1.54, 1.807) is 4.90 Å². The minimum Gasteiger partial charge on any atom is -0.396 e. The number of likely N-dealkylation sites (tertiary alicyclic amines) is 1. The van der Waals surface area contributed by atoms with Crippen molar-refractivity contribution in [1.29, 1.82) is 0 Å². The van der Waals surface area contributed by atoms with Crippen molar-refractivity contribution < 1.29 is 9.90 Å². The van der Waals surface area contributed by atoms with E-state index in [4.69, 9.17) is 10.8 Å². The highest BCUT2D eigenvalue weighted by molar-refractivity contribution is 5.97. The Bertz CT molecular complexity index is 476. The molecule has 0 aliphatic carbocycles. The van der Waals surface area contributed by atoms with Crippen molar-refractivity contribution in [2.24, 2.45) is 5.92 Å². The van der Waals surface area contributed by atoms with E-state index in [-0.39, 0.29) is 30.0 Å². The van der Waals surface area contributed by atoms with E-state index in [1.807, 2.05) is 13.8 Å². The molecule has 1 unspecified atom stereocenters. The average molecular weight is 264 g/mol. The van der Waals surface area contributed by atoms with Crippen LogP contribution in [0.15, 0.2) is 6.20 Å². The number of hydrogen-bond acceptors (Lipinski definition) is 5. The van der Waals surface area contributed by atoms with Gasteiger partial charge in [-0.15, -0.1) is 0 Å². The van der Waals surface area contributed by atoms with Crippen LogP contribution in [0.4, 0.5) is 5.69 Å². The second kappa shape index (κ2) is 5.52. The Labute approximate surface area is 112 Å². The van der Waals surface area contributed by atoms with Crippen molar-refractivity contribution in [2.75, 3.05) is 25.4 Å². The molecule has 6 heteroatoms. The fourth-order valence-corrected chi connectivity index (χ4v) is 2.17. The van der Waals surface area contributed by atoms with Crippen molar-refractivity contribution in [2.45, 2.75) is 26.2 Å². The van der Waals surface area contributed by atoms with E-state index < -0.39 is 0 Å². The Morgan fingerprint density at radius 1 is 1.63 bits per heavy atom. The van der Waals surface area contributed by atoms with Crippen LogP contribution in [0.2, 0.25) is 0 Å². The number of nitrogens with two attached hydrogens (primary N) is 1. The van der Waals surface area contributed by atoms with Crippen LogP contribution < -0.4 is 5.73 Å². The third-order valence-electron chi connectivity index (χ3n) is 3.39. The smallest absolute Gasteiger partial charge is 0.274 e. The van der Waals surface area contributed by atoms with Gasteiger partial charge in [-0.3, -0.25) is 4.79 Å². The van der Waals surface area contributed by atoms with E-state index in [9.17, 15) is 4.79 Å². The highest BCUT2D eigenvalue weighted by atomic mass is 16.3. The number of amides is 1. The Morgan fingerprint density at radius 2 is 2.37 bits per heavy atom. The molecular weight excluding hydrogens is 244 g/mol. The molecule has 1 aromatic heterocycles. The molecule has 2 heterocycles. The van der Waals surface area contributed by atoms with Gasteiger partial charge < -0.3 is 15.7 Å². The van der Waals surface area contributed by atoms with Gasteiger partial charge in [0.25, 0.3) is 5.91 Å². The van der Waals surface area contributed by atoms with Gasteiger partial charge in [0.2, 0.25) is 0 Å². The molecule has 19 heavy (non-hydrogen) atoms. The molecule has 1 aliphatic heterocycles. The third-order valence-corrected chi connectivity index (χ3v) is 3.39. The summed E-state index contributed by atoms with van der Waals surface area (Å²) in [4.78, 5) is 22.5. The number of anilines is 1. The van der Waals surface area contributed by atoms with Crippen LogP contribution in [0.25, 0.3) is 0 Å². The second-order valence-electron chi connectivity index (χ2n) is 5.28. The number of aromatic nitrogens is 2. The summed E-state index contributed by atoms with van der Waals surface area (Å²) in [6.45, 7) is 5.26. The normalized spacial score (nSPS) is 19.2. The van der Waals surface area contributed by atoms with Crippen molar-refractivity contribution >= 4 is 11.6 Å². The lowest BCUT2D eigenvalue weighted by molar-refractivity contribution is 0.0776. The van der Waals surface area contributed by atoms with Gasteiger partial charge in [-0.1, -0.05) is 13.8 Å². The lowest BCUT2D eigenvalue weighted by Gasteiger charge is -2.17. The van der Waals surface area contributed by atoms with Crippen LogP contribution in [0, 0.1) is 5.92 Å². The van der Waals surface area contributed by atoms with Crippen LogP contribution in [0.5, 0.6) is 0 Å². The van der Waals surface area contributed by atoms with Crippen molar-refractivity contribution in [3.63, 3.8) is 0 Å². The molecule has 0 saturated carbocycles. The fraction of sp³-hybridized carbons (Fsp3) is 0.615. The van der Waals surface area contributed by atoms with E-state index in [0.29, 0.717) is 24.6 Å². The molecule has 1 atom stereocenters. The molecule has 1 saturated heterocycles. The van der Waals surface area contributed by atoms with E-state index in [1.165, 1.54) is 6.20 Å². The summed E-state index contributed by atoms with van der Waals surface area (Å²) in [5.74, 6) is 0.765. The Morgan fingerprint density at radius 3 is 2.95 bits per heavy atom. The highest BCUT2D eigenvalue weighted by Gasteiger charge is 2.28. The monoisotopic (exact) mass is 264 g/mol. The Kier molecular flexibility index (Phi) is 3.99. The van der Waals surface area contributed by atoms with E-state index in [2.05, 4.69) is 9.97 Å². The van der Waals surface area contributed by atoms with Gasteiger partial charge in [-0.25, -0.2) is 9.97 Å².